The van der Waals surface area contributed by atoms with Gasteiger partial charge in [-0.2, -0.15) is 10.3 Å². The molecule has 1 saturated heterocycles. The summed E-state index contributed by atoms with van der Waals surface area (Å²) < 4.78 is 0. The molecule has 0 saturated carbocycles. The van der Waals surface area contributed by atoms with Gasteiger partial charge in [-0.15, -0.1) is 0 Å². The van der Waals surface area contributed by atoms with Gasteiger partial charge in [-0.3, -0.25) is 4.79 Å². The van der Waals surface area contributed by atoms with Crippen LogP contribution in [0.25, 0.3) is 0 Å². The molecule has 1 heterocycles. The molecule has 5 nitrogen and oxygen atoms in total. The fourth-order valence-corrected chi connectivity index (χ4v) is 3.35. The largest absolute Gasteiger partial charge is 0.327 e. The lowest BCUT2D eigenvalue weighted by Gasteiger charge is -2.42. The Labute approximate surface area is 144 Å². The van der Waals surface area contributed by atoms with Gasteiger partial charge in [-0.05, 0) is 55.9 Å². The summed E-state index contributed by atoms with van der Waals surface area (Å²) in [5, 5.41) is 11.6. The summed E-state index contributed by atoms with van der Waals surface area (Å²) in [6, 6.07) is 6.53. The number of amides is 1. The molecule has 1 aliphatic heterocycles. The Morgan fingerprint density at radius 3 is 2.42 bits per heavy atom. The van der Waals surface area contributed by atoms with E-state index in [1.54, 1.807) is 19.1 Å². The summed E-state index contributed by atoms with van der Waals surface area (Å²) >= 11 is 0. The first kappa shape index (κ1) is 18.4. The second kappa shape index (κ2) is 7.33. The van der Waals surface area contributed by atoms with Crippen molar-refractivity contribution >= 4 is 5.91 Å². The van der Waals surface area contributed by atoms with Gasteiger partial charge in [-0.25, -0.2) is 0 Å². The van der Waals surface area contributed by atoms with E-state index in [1.807, 2.05) is 12.0 Å². The molecule has 1 amide bonds. The predicted octanol–water partition coefficient (Wildman–Crippen LogP) is 2.53. The van der Waals surface area contributed by atoms with Gasteiger partial charge in [0.1, 0.15) is 5.54 Å². The highest BCUT2D eigenvalue weighted by Gasteiger charge is 2.41. The molecular weight excluding hydrogens is 302 g/mol. The van der Waals surface area contributed by atoms with E-state index in [-0.39, 0.29) is 5.91 Å². The first-order valence-electron chi connectivity index (χ1n) is 8.37. The summed E-state index contributed by atoms with van der Waals surface area (Å²) in [5.74, 6) is -0.000725. The number of aryl methyl sites for hydroxylation is 2. The van der Waals surface area contributed by atoms with Gasteiger partial charge in [0.05, 0.1) is 19.6 Å². The Bertz CT molecular complexity index is 655. The quantitative estimate of drug-likeness (QED) is 0.852. The fourth-order valence-electron chi connectivity index (χ4n) is 3.35. The van der Waals surface area contributed by atoms with Gasteiger partial charge in [0.25, 0.3) is 0 Å². The van der Waals surface area contributed by atoms with Crippen molar-refractivity contribution in [2.24, 2.45) is 0 Å². The van der Waals surface area contributed by atoms with Crippen molar-refractivity contribution in [3.8, 4) is 6.07 Å². The van der Waals surface area contributed by atoms with Crippen LogP contribution < -0.4 is 0 Å². The number of nitrogens with zero attached hydrogens (tertiary/aromatic N) is 3. The maximum Gasteiger partial charge on any atom is 0.228 e. The summed E-state index contributed by atoms with van der Waals surface area (Å²) in [6.45, 7) is 7.46. The number of carbonyl (C=O) groups excluding carboxylic acids is 1. The molecule has 0 bridgehead atoms. The van der Waals surface area contributed by atoms with E-state index in [2.05, 4.69) is 32.0 Å². The number of likely N-dealkylation sites (N-methyl/N-ethyl adjacent to an activating group) is 1. The van der Waals surface area contributed by atoms with Crippen LogP contribution >= 0.6 is 0 Å². The van der Waals surface area contributed by atoms with E-state index in [0.29, 0.717) is 32.4 Å². The molecule has 0 aliphatic carbocycles. The molecule has 5 heteroatoms. The van der Waals surface area contributed by atoms with Crippen LogP contribution in [0.2, 0.25) is 0 Å². The fraction of sp³-hybridized carbons (Fsp3) is 0.579. The minimum Gasteiger partial charge on any atom is -0.327 e. The number of nitriles is 1. The van der Waals surface area contributed by atoms with Crippen molar-refractivity contribution in [1.82, 2.24) is 9.96 Å². The second-order valence-electron chi connectivity index (χ2n) is 6.69. The Morgan fingerprint density at radius 2 is 1.88 bits per heavy atom. The Balaban J connectivity index is 2.18. The number of rotatable bonds is 4. The SMILES string of the molecule is CON1CCC(C#N)(N(C)C(=O)Cc2c(C)ccc(C)c2C)CC1. The number of carbonyl (C=O) groups is 1. The van der Waals surface area contributed by atoms with Gasteiger partial charge < -0.3 is 9.74 Å². The molecule has 1 aliphatic rings. The first-order valence-corrected chi connectivity index (χ1v) is 8.37. The van der Waals surface area contributed by atoms with Crippen LogP contribution in [0.4, 0.5) is 0 Å². The average Bonchev–Trinajstić information content (AvgIpc) is 2.61. The average molecular weight is 329 g/mol. The van der Waals surface area contributed by atoms with Crippen LogP contribution in [0.5, 0.6) is 0 Å². The molecule has 0 spiro atoms. The monoisotopic (exact) mass is 329 g/mol. The minimum absolute atomic E-state index is 0.000725. The molecule has 0 N–H and O–H groups in total. The molecule has 2 rings (SSSR count). The van der Waals surface area contributed by atoms with Crippen molar-refractivity contribution in [1.29, 1.82) is 5.26 Å². The number of piperidine rings is 1. The van der Waals surface area contributed by atoms with Crippen LogP contribution in [-0.4, -0.2) is 48.7 Å². The zero-order chi connectivity index (χ0) is 17.9. The molecule has 0 radical (unpaired) electrons. The van der Waals surface area contributed by atoms with Gasteiger partial charge in [0.15, 0.2) is 0 Å². The van der Waals surface area contributed by atoms with Crippen molar-refractivity contribution in [2.45, 2.75) is 45.6 Å². The molecule has 0 aromatic heterocycles. The lowest BCUT2D eigenvalue weighted by molar-refractivity contribution is -0.161. The summed E-state index contributed by atoms with van der Waals surface area (Å²) in [7, 11) is 3.39. The topological polar surface area (TPSA) is 56.6 Å². The standard InChI is InChI=1S/C19H27N3O2/c1-14-6-7-15(2)17(16(14)3)12-18(23)21(4)19(13-20)8-10-22(24-5)11-9-19/h6-7H,8-12H2,1-5H3. The summed E-state index contributed by atoms with van der Waals surface area (Å²) in [4.78, 5) is 19.8. The Morgan fingerprint density at radius 1 is 1.29 bits per heavy atom. The van der Waals surface area contributed by atoms with Crippen LogP contribution in [0, 0.1) is 32.1 Å². The highest BCUT2D eigenvalue weighted by molar-refractivity contribution is 5.80. The van der Waals surface area contributed by atoms with Crippen LogP contribution in [0.3, 0.4) is 0 Å². The third-order valence-corrected chi connectivity index (χ3v) is 5.46. The van der Waals surface area contributed by atoms with Crippen LogP contribution in [0.15, 0.2) is 12.1 Å². The van der Waals surface area contributed by atoms with E-state index in [4.69, 9.17) is 4.84 Å². The van der Waals surface area contributed by atoms with E-state index in [9.17, 15) is 10.1 Å². The van der Waals surface area contributed by atoms with E-state index in [1.165, 1.54) is 5.56 Å². The predicted molar refractivity (Wildman–Crippen MR) is 93.3 cm³/mol. The highest BCUT2D eigenvalue weighted by Crippen LogP contribution is 2.29. The summed E-state index contributed by atoms with van der Waals surface area (Å²) in [6.07, 6.45) is 1.55. The van der Waals surface area contributed by atoms with Gasteiger partial charge in [0, 0.05) is 20.1 Å². The molecule has 1 fully saturated rings. The molecule has 130 valence electrons. The maximum absolute atomic E-state index is 12.9. The number of hydrogen-bond acceptors (Lipinski definition) is 4. The zero-order valence-corrected chi connectivity index (χ0v) is 15.3. The molecule has 0 atom stereocenters. The third-order valence-electron chi connectivity index (χ3n) is 5.46. The van der Waals surface area contributed by atoms with E-state index < -0.39 is 5.54 Å². The number of hydroxylamine groups is 2. The second-order valence-corrected chi connectivity index (χ2v) is 6.69. The zero-order valence-electron chi connectivity index (χ0n) is 15.3. The van der Waals surface area contributed by atoms with Crippen LogP contribution in [-0.2, 0) is 16.1 Å². The van der Waals surface area contributed by atoms with Crippen molar-refractivity contribution in [3.05, 3.63) is 34.4 Å². The lowest BCUT2D eigenvalue weighted by atomic mass is 9.87. The number of benzene rings is 1. The molecular formula is C19H27N3O2. The maximum atomic E-state index is 12.9. The lowest BCUT2D eigenvalue weighted by Crippen LogP contribution is -2.55. The minimum atomic E-state index is -0.738. The van der Waals surface area contributed by atoms with Crippen molar-refractivity contribution < 1.29 is 9.63 Å². The van der Waals surface area contributed by atoms with Gasteiger partial charge in [0.2, 0.25) is 5.91 Å². The summed E-state index contributed by atoms with van der Waals surface area (Å²) in [5.41, 5.74) is 3.82. The normalized spacial score (nSPS) is 17.3. The number of hydrogen-bond donors (Lipinski definition) is 0. The molecule has 1 aromatic carbocycles. The smallest absolute Gasteiger partial charge is 0.228 e. The Hall–Kier alpha value is -1.90. The Kier molecular flexibility index (Phi) is 5.63. The first-order chi connectivity index (χ1) is 11.3. The third kappa shape index (κ3) is 3.45. The van der Waals surface area contributed by atoms with E-state index in [0.717, 1.165) is 16.7 Å². The van der Waals surface area contributed by atoms with Gasteiger partial charge >= 0.3 is 0 Å². The van der Waals surface area contributed by atoms with Crippen molar-refractivity contribution in [3.63, 3.8) is 0 Å². The van der Waals surface area contributed by atoms with E-state index >= 15 is 0 Å². The molecule has 0 unspecified atom stereocenters. The highest BCUT2D eigenvalue weighted by atomic mass is 16.7. The molecule has 1 aromatic rings. The van der Waals surface area contributed by atoms with Crippen molar-refractivity contribution in [2.75, 3.05) is 27.2 Å². The molecule has 24 heavy (non-hydrogen) atoms. The van der Waals surface area contributed by atoms with Gasteiger partial charge in [-0.1, -0.05) is 12.1 Å². The van der Waals surface area contributed by atoms with Crippen LogP contribution in [0.1, 0.15) is 35.1 Å².